The Morgan fingerprint density at radius 1 is 1.00 bits per heavy atom. The number of ether oxygens (including phenoxy) is 1. The van der Waals surface area contributed by atoms with Crippen LogP contribution in [-0.2, 0) is 26.6 Å². The summed E-state index contributed by atoms with van der Waals surface area (Å²) in [7, 11) is 3.66. The van der Waals surface area contributed by atoms with Gasteiger partial charge in [0.25, 0.3) is 5.56 Å². The number of aromatic nitrogens is 1. The summed E-state index contributed by atoms with van der Waals surface area (Å²) in [4.78, 5) is 18.0. The van der Waals surface area contributed by atoms with Crippen LogP contribution in [0.1, 0.15) is 77.1 Å². The van der Waals surface area contributed by atoms with Crippen LogP contribution in [0.2, 0.25) is 0 Å². The SMILES string of the molecule is COc1cc(-c2cn(C)c(=O)c(C)c2C)cc(C2CC2)c1CN1CCN(Cc2cccc3c2CCNC3C)C2CC21. The summed E-state index contributed by atoms with van der Waals surface area (Å²) in [5.74, 6) is 1.61. The van der Waals surface area contributed by atoms with Crippen LogP contribution >= 0.6 is 0 Å². The van der Waals surface area contributed by atoms with Gasteiger partial charge in [-0.1, -0.05) is 24.3 Å². The van der Waals surface area contributed by atoms with Crippen LogP contribution in [0.5, 0.6) is 5.75 Å². The van der Waals surface area contributed by atoms with Crippen molar-refractivity contribution in [3.05, 3.63) is 85.8 Å². The Hall–Kier alpha value is -2.93. The van der Waals surface area contributed by atoms with Crippen molar-refractivity contribution >= 4 is 0 Å². The molecule has 7 rings (SSSR count). The molecule has 4 aliphatic rings. The van der Waals surface area contributed by atoms with Gasteiger partial charge in [0.1, 0.15) is 5.75 Å². The Morgan fingerprint density at radius 3 is 2.49 bits per heavy atom. The van der Waals surface area contributed by atoms with Gasteiger partial charge >= 0.3 is 0 Å². The Balaban J connectivity index is 1.12. The first-order valence-electron chi connectivity index (χ1n) is 15.5. The van der Waals surface area contributed by atoms with Crippen molar-refractivity contribution < 1.29 is 4.74 Å². The van der Waals surface area contributed by atoms with Gasteiger partial charge in [0.05, 0.1) is 7.11 Å². The molecule has 216 valence electrons. The smallest absolute Gasteiger partial charge is 0.253 e. The summed E-state index contributed by atoms with van der Waals surface area (Å²) in [6.45, 7) is 11.6. The standard InChI is InChI=1S/C35H44N4O2/c1-21-22(2)35(40)37(4)19-30(21)26-15-29(24-9-10-24)31(34(16-26)41-5)20-39-14-13-38(32-17-33(32)39)18-25-7-6-8-27-23(3)36-12-11-28(25)27/h6-8,15-16,19,23-24,32-33,36H,9-14,17-18,20H2,1-5H3. The van der Waals surface area contributed by atoms with E-state index in [1.54, 1.807) is 10.1 Å². The number of aryl methyl sites for hydroxylation is 1. The van der Waals surface area contributed by atoms with Gasteiger partial charge in [-0.3, -0.25) is 14.6 Å². The molecular formula is C35H44N4O2. The van der Waals surface area contributed by atoms with Crippen molar-refractivity contribution in [1.29, 1.82) is 0 Å². The number of fused-ring (bicyclic) bond motifs is 2. The molecule has 3 aromatic rings. The monoisotopic (exact) mass is 552 g/mol. The summed E-state index contributed by atoms with van der Waals surface area (Å²) in [6.07, 6.45) is 6.90. The molecule has 41 heavy (non-hydrogen) atoms. The third-order valence-electron chi connectivity index (χ3n) is 10.4. The van der Waals surface area contributed by atoms with Gasteiger partial charge in [-0.25, -0.2) is 0 Å². The van der Waals surface area contributed by atoms with E-state index >= 15 is 0 Å². The largest absolute Gasteiger partial charge is 0.496 e. The Bertz CT molecular complexity index is 1550. The van der Waals surface area contributed by atoms with E-state index in [0.717, 1.165) is 67.1 Å². The Kier molecular flexibility index (Phi) is 6.84. The second-order valence-electron chi connectivity index (χ2n) is 13.0. The van der Waals surface area contributed by atoms with E-state index in [1.807, 2.05) is 27.3 Å². The van der Waals surface area contributed by atoms with Crippen LogP contribution in [0, 0.1) is 13.8 Å². The zero-order chi connectivity index (χ0) is 28.4. The Labute approximate surface area is 244 Å². The zero-order valence-corrected chi connectivity index (χ0v) is 25.3. The van der Waals surface area contributed by atoms with E-state index in [4.69, 9.17) is 4.74 Å². The first-order chi connectivity index (χ1) is 19.8. The quantitative estimate of drug-likeness (QED) is 0.436. The van der Waals surface area contributed by atoms with Crippen molar-refractivity contribution in [3.8, 4) is 16.9 Å². The van der Waals surface area contributed by atoms with E-state index in [1.165, 1.54) is 41.5 Å². The predicted molar refractivity (Wildman–Crippen MR) is 165 cm³/mol. The van der Waals surface area contributed by atoms with Crippen LogP contribution < -0.4 is 15.6 Å². The van der Waals surface area contributed by atoms with E-state index in [-0.39, 0.29) is 5.56 Å². The fourth-order valence-corrected chi connectivity index (χ4v) is 7.59. The number of methoxy groups -OCH3 is 1. The average Bonchev–Trinajstić information content (AvgIpc) is 3.90. The second-order valence-corrected chi connectivity index (χ2v) is 13.0. The highest BCUT2D eigenvalue weighted by atomic mass is 16.5. The van der Waals surface area contributed by atoms with Gasteiger partial charge in [-0.05, 0) is 98.4 Å². The lowest BCUT2D eigenvalue weighted by Gasteiger charge is -2.36. The van der Waals surface area contributed by atoms with Gasteiger partial charge in [0, 0.05) is 74.2 Å². The van der Waals surface area contributed by atoms with Gasteiger partial charge in [0.15, 0.2) is 0 Å². The summed E-state index contributed by atoms with van der Waals surface area (Å²) < 4.78 is 7.80. The minimum absolute atomic E-state index is 0.0779. The van der Waals surface area contributed by atoms with Gasteiger partial charge in [-0.15, -0.1) is 0 Å². The number of pyridine rings is 1. The van der Waals surface area contributed by atoms with Gasteiger partial charge in [0.2, 0.25) is 0 Å². The van der Waals surface area contributed by atoms with Crippen molar-refractivity contribution in [2.75, 3.05) is 26.7 Å². The third kappa shape index (κ3) is 4.84. The molecule has 2 saturated carbocycles. The topological polar surface area (TPSA) is 49.7 Å². The average molecular weight is 553 g/mol. The van der Waals surface area contributed by atoms with Crippen LogP contribution in [0.3, 0.4) is 0 Å². The van der Waals surface area contributed by atoms with Crippen LogP contribution in [0.25, 0.3) is 11.1 Å². The van der Waals surface area contributed by atoms with Crippen LogP contribution in [0.4, 0.5) is 0 Å². The minimum Gasteiger partial charge on any atom is -0.496 e. The number of benzene rings is 2. The molecule has 0 radical (unpaired) electrons. The van der Waals surface area contributed by atoms with Crippen molar-refractivity contribution in [2.24, 2.45) is 7.05 Å². The number of hydrogen-bond acceptors (Lipinski definition) is 5. The van der Waals surface area contributed by atoms with E-state index in [2.05, 4.69) is 59.3 Å². The molecule has 0 spiro atoms. The Morgan fingerprint density at radius 2 is 1.76 bits per heavy atom. The van der Waals surface area contributed by atoms with E-state index < -0.39 is 0 Å². The van der Waals surface area contributed by atoms with E-state index in [0.29, 0.717) is 24.0 Å². The molecule has 6 nitrogen and oxygen atoms in total. The van der Waals surface area contributed by atoms with Gasteiger partial charge < -0.3 is 14.6 Å². The molecule has 6 heteroatoms. The molecule has 3 heterocycles. The predicted octanol–water partition coefficient (Wildman–Crippen LogP) is 5.22. The first kappa shape index (κ1) is 26.9. The molecular weight excluding hydrogens is 508 g/mol. The lowest BCUT2D eigenvalue weighted by atomic mass is 9.91. The molecule has 3 fully saturated rings. The normalized spacial score (nSPS) is 24.2. The van der Waals surface area contributed by atoms with Crippen molar-refractivity contribution in [3.63, 3.8) is 0 Å². The fourth-order valence-electron chi connectivity index (χ4n) is 7.59. The van der Waals surface area contributed by atoms with Crippen molar-refractivity contribution in [1.82, 2.24) is 19.7 Å². The highest BCUT2D eigenvalue weighted by Crippen LogP contribution is 2.47. The zero-order valence-electron chi connectivity index (χ0n) is 25.3. The summed E-state index contributed by atoms with van der Waals surface area (Å²) in [5.41, 5.74) is 11.7. The maximum atomic E-state index is 12.5. The lowest BCUT2D eigenvalue weighted by molar-refractivity contribution is 0.116. The molecule has 2 aliphatic heterocycles. The van der Waals surface area contributed by atoms with Gasteiger partial charge in [-0.2, -0.15) is 0 Å². The molecule has 0 bridgehead atoms. The van der Waals surface area contributed by atoms with E-state index in [9.17, 15) is 4.79 Å². The van der Waals surface area contributed by atoms with Crippen LogP contribution in [-0.4, -0.2) is 53.2 Å². The lowest BCUT2D eigenvalue weighted by Crippen LogP contribution is -2.45. The van der Waals surface area contributed by atoms with Crippen LogP contribution in [0.15, 0.2) is 41.3 Å². The molecule has 3 atom stereocenters. The first-order valence-corrected chi connectivity index (χ1v) is 15.5. The second kappa shape index (κ2) is 10.4. The fraction of sp³-hybridized carbons (Fsp3) is 0.514. The number of hydrogen-bond donors (Lipinski definition) is 1. The summed E-state index contributed by atoms with van der Waals surface area (Å²) >= 11 is 0. The number of rotatable bonds is 7. The number of piperazine rings is 1. The maximum Gasteiger partial charge on any atom is 0.253 e. The summed E-state index contributed by atoms with van der Waals surface area (Å²) in [6, 6.07) is 13.3. The number of nitrogens with one attached hydrogen (secondary N) is 1. The summed E-state index contributed by atoms with van der Waals surface area (Å²) in [5, 5.41) is 3.62. The molecule has 2 aliphatic carbocycles. The number of nitrogens with zero attached hydrogens (tertiary/aromatic N) is 3. The minimum atomic E-state index is 0.0779. The molecule has 2 aromatic carbocycles. The molecule has 1 N–H and O–H groups in total. The molecule has 0 amide bonds. The molecule has 3 unspecified atom stereocenters. The maximum absolute atomic E-state index is 12.5. The highest BCUT2D eigenvalue weighted by Gasteiger charge is 2.49. The molecule has 1 aromatic heterocycles. The van der Waals surface area contributed by atoms with Crippen molar-refractivity contribution in [2.45, 2.75) is 83.6 Å². The molecule has 1 saturated heterocycles. The highest BCUT2D eigenvalue weighted by molar-refractivity contribution is 5.71. The third-order valence-corrected chi connectivity index (χ3v) is 10.4.